The van der Waals surface area contributed by atoms with Gasteiger partial charge in [-0.3, -0.25) is 0 Å². The van der Waals surface area contributed by atoms with E-state index in [1.54, 1.807) is 0 Å². The fraction of sp³-hybridized carbons (Fsp3) is 1.00. The highest BCUT2D eigenvalue weighted by molar-refractivity contribution is 4.99. The predicted molar refractivity (Wildman–Crippen MR) is 59.2 cm³/mol. The van der Waals surface area contributed by atoms with Gasteiger partial charge in [-0.1, -0.05) is 34.6 Å². The molecule has 0 aromatic carbocycles. The van der Waals surface area contributed by atoms with E-state index in [0.717, 1.165) is 17.8 Å². The number of rotatable bonds is 1. The number of hydrogen-bond acceptors (Lipinski definition) is 1. The van der Waals surface area contributed by atoms with Gasteiger partial charge >= 0.3 is 0 Å². The number of ether oxygens (including phenoxy) is 1. The van der Waals surface area contributed by atoms with Crippen LogP contribution >= 0.6 is 0 Å². The summed E-state index contributed by atoms with van der Waals surface area (Å²) in [6.45, 7) is 11.7. The lowest BCUT2D eigenvalue weighted by Crippen LogP contribution is -2.33. The van der Waals surface area contributed by atoms with Crippen LogP contribution in [0.15, 0.2) is 0 Å². The van der Waals surface area contributed by atoms with Gasteiger partial charge in [0.05, 0.1) is 12.2 Å². The van der Waals surface area contributed by atoms with Crippen molar-refractivity contribution in [3.8, 4) is 0 Å². The third-order valence-corrected chi connectivity index (χ3v) is 4.24. The summed E-state index contributed by atoms with van der Waals surface area (Å²) in [5.41, 5.74) is 0.432. The molecule has 0 saturated carbocycles. The van der Waals surface area contributed by atoms with Crippen molar-refractivity contribution in [3.05, 3.63) is 0 Å². The minimum atomic E-state index is 0.432. The Bertz CT molecular complexity index is 214. The summed E-state index contributed by atoms with van der Waals surface area (Å²) < 4.78 is 6.09. The van der Waals surface area contributed by atoms with Crippen molar-refractivity contribution in [2.45, 2.75) is 59.7 Å². The average Bonchev–Trinajstić information content (AvgIpc) is 2.58. The van der Waals surface area contributed by atoms with Crippen molar-refractivity contribution >= 4 is 0 Å². The molecule has 2 fully saturated rings. The van der Waals surface area contributed by atoms with Crippen LogP contribution in [-0.2, 0) is 4.74 Å². The van der Waals surface area contributed by atoms with Gasteiger partial charge in [-0.15, -0.1) is 0 Å². The summed E-state index contributed by atoms with van der Waals surface area (Å²) >= 11 is 0. The van der Waals surface area contributed by atoms with Crippen LogP contribution in [0.3, 0.4) is 0 Å². The lowest BCUT2D eigenvalue weighted by atomic mass is 9.68. The van der Waals surface area contributed by atoms with E-state index in [-0.39, 0.29) is 0 Å². The molecule has 2 aliphatic heterocycles. The van der Waals surface area contributed by atoms with Crippen LogP contribution in [0.5, 0.6) is 0 Å². The van der Waals surface area contributed by atoms with E-state index >= 15 is 0 Å². The van der Waals surface area contributed by atoms with E-state index in [2.05, 4.69) is 34.6 Å². The molecule has 0 aliphatic carbocycles. The Morgan fingerprint density at radius 1 is 1.07 bits per heavy atom. The minimum Gasteiger partial charge on any atom is -0.374 e. The van der Waals surface area contributed by atoms with E-state index < -0.39 is 0 Å². The maximum absolute atomic E-state index is 6.09. The first kappa shape index (κ1) is 10.5. The number of fused-ring (bicyclic) bond motifs is 2. The monoisotopic (exact) mass is 196 g/mol. The van der Waals surface area contributed by atoms with Crippen LogP contribution in [-0.4, -0.2) is 12.2 Å². The van der Waals surface area contributed by atoms with Gasteiger partial charge in [0, 0.05) is 0 Å². The Morgan fingerprint density at radius 3 is 2.07 bits per heavy atom. The normalized spacial score (nSPS) is 42.4. The van der Waals surface area contributed by atoms with Crippen molar-refractivity contribution in [1.82, 2.24) is 0 Å². The highest BCUT2D eigenvalue weighted by Crippen LogP contribution is 2.51. The molecular formula is C13H24O. The zero-order chi connectivity index (χ0) is 10.5. The van der Waals surface area contributed by atoms with Gasteiger partial charge in [0.25, 0.3) is 0 Å². The summed E-state index contributed by atoms with van der Waals surface area (Å²) in [7, 11) is 0. The summed E-state index contributed by atoms with van der Waals surface area (Å²) in [5, 5.41) is 0. The number of hydrogen-bond donors (Lipinski definition) is 0. The van der Waals surface area contributed by atoms with E-state index in [1.807, 2.05) is 0 Å². The van der Waals surface area contributed by atoms with Crippen LogP contribution in [0, 0.1) is 23.2 Å². The molecule has 0 aromatic rings. The Hall–Kier alpha value is -0.0400. The maximum atomic E-state index is 6.09. The molecule has 0 spiro atoms. The van der Waals surface area contributed by atoms with Crippen molar-refractivity contribution < 1.29 is 4.74 Å². The molecule has 4 unspecified atom stereocenters. The van der Waals surface area contributed by atoms with Crippen LogP contribution < -0.4 is 0 Å². The Morgan fingerprint density at radius 2 is 1.71 bits per heavy atom. The fourth-order valence-electron chi connectivity index (χ4n) is 3.31. The summed E-state index contributed by atoms with van der Waals surface area (Å²) in [6, 6.07) is 0. The molecule has 14 heavy (non-hydrogen) atoms. The zero-order valence-electron chi connectivity index (χ0n) is 10.2. The smallest absolute Gasteiger partial charge is 0.0616 e. The Kier molecular flexibility index (Phi) is 2.42. The van der Waals surface area contributed by atoms with Crippen molar-refractivity contribution in [1.29, 1.82) is 0 Å². The van der Waals surface area contributed by atoms with Crippen LogP contribution in [0.2, 0.25) is 0 Å². The molecule has 1 nitrogen and oxygen atoms in total. The molecule has 0 N–H and O–H groups in total. The van der Waals surface area contributed by atoms with Gasteiger partial charge < -0.3 is 4.74 Å². The second-order valence-corrected chi connectivity index (χ2v) is 6.56. The fourth-order valence-corrected chi connectivity index (χ4v) is 3.31. The third-order valence-electron chi connectivity index (χ3n) is 4.24. The lowest BCUT2D eigenvalue weighted by molar-refractivity contribution is 0.0641. The average molecular weight is 196 g/mol. The van der Waals surface area contributed by atoms with E-state index in [1.165, 1.54) is 12.8 Å². The summed E-state index contributed by atoms with van der Waals surface area (Å²) in [4.78, 5) is 0. The summed E-state index contributed by atoms with van der Waals surface area (Å²) in [6.07, 6.45) is 3.75. The largest absolute Gasteiger partial charge is 0.374 e. The van der Waals surface area contributed by atoms with Gasteiger partial charge in [0.2, 0.25) is 0 Å². The van der Waals surface area contributed by atoms with E-state index in [9.17, 15) is 0 Å². The van der Waals surface area contributed by atoms with Crippen LogP contribution in [0.1, 0.15) is 47.5 Å². The van der Waals surface area contributed by atoms with Gasteiger partial charge in [-0.2, -0.15) is 0 Å². The van der Waals surface area contributed by atoms with Gasteiger partial charge in [-0.25, -0.2) is 0 Å². The predicted octanol–water partition coefficient (Wildman–Crippen LogP) is 3.48. The Labute approximate surface area is 88.2 Å². The second-order valence-electron chi connectivity index (χ2n) is 6.56. The van der Waals surface area contributed by atoms with Gasteiger partial charge in [-0.05, 0) is 36.0 Å². The molecular weight excluding hydrogens is 172 g/mol. The Balaban J connectivity index is 2.03. The maximum Gasteiger partial charge on any atom is 0.0616 e. The van der Waals surface area contributed by atoms with Crippen molar-refractivity contribution in [2.24, 2.45) is 23.2 Å². The minimum absolute atomic E-state index is 0.432. The molecule has 2 saturated heterocycles. The first-order valence-corrected chi connectivity index (χ1v) is 6.05. The summed E-state index contributed by atoms with van der Waals surface area (Å²) in [5.74, 6) is 2.42. The lowest BCUT2D eigenvalue weighted by Gasteiger charge is -2.35. The van der Waals surface area contributed by atoms with Crippen molar-refractivity contribution in [2.75, 3.05) is 0 Å². The SMILES string of the molecule is CC(C)C1CC2OC1CC2C(C)(C)C. The van der Waals surface area contributed by atoms with E-state index in [0.29, 0.717) is 17.6 Å². The van der Waals surface area contributed by atoms with Gasteiger partial charge in [0.1, 0.15) is 0 Å². The molecule has 4 atom stereocenters. The van der Waals surface area contributed by atoms with E-state index in [4.69, 9.17) is 4.74 Å². The molecule has 2 rings (SSSR count). The third kappa shape index (κ3) is 1.60. The standard InChI is InChI=1S/C13H24O/c1-8(2)9-6-12-10(13(3,4)5)7-11(9)14-12/h8-12H,6-7H2,1-5H3. The highest BCUT2D eigenvalue weighted by Gasteiger charge is 2.51. The molecule has 2 aliphatic rings. The topological polar surface area (TPSA) is 9.23 Å². The van der Waals surface area contributed by atoms with Crippen LogP contribution in [0.4, 0.5) is 0 Å². The van der Waals surface area contributed by atoms with Crippen LogP contribution in [0.25, 0.3) is 0 Å². The molecule has 2 heterocycles. The quantitative estimate of drug-likeness (QED) is 0.624. The molecule has 0 aromatic heterocycles. The molecule has 82 valence electrons. The highest BCUT2D eigenvalue weighted by atomic mass is 16.5. The molecule has 1 heteroatoms. The van der Waals surface area contributed by atoms with Crippen molar-refractivity contribution in [3.63, 3.8) is 0 Å². The van der Waals surface area contributed by atoms with Gasteiger partial charge in [0.15, 0.2) is 0 Å². The zero-order valence-corrected chi connectivity index (χ0v) is 10.2. The molecule has 2 bridgehead atoms. The first-order chi connectivity index (χ1) is 6.39. The second kappa shape index (κ2) is 3.23. The molecule has 0 amide bonds. The molecule has 0 radical (unpaired) electrons. The first-order valence-electron chi connectivity index (χ1n) is 6.05.